The molecule has 22 heavy (non-hydrogen) atoms. The minimum absolute atomic E-state index is 0.00144. The Morgan fingerprint density at radius 1 is 1.00 bits per heavy atom. The Morgan fingerprint density at radius 3 is 2.18 bits per heavy atom. The van der Waals surface area contributed by atoms with Gasteiger partial charge in [-0.3, -0.25) is 0 Å². The van der Waals surface area contributed by atoms with Crippen molar-refractivity contribution in [2.45, 2.75) is 26.2 Å². The molecular weight excluding hydrogens is 280 g/mol. The number of aromatic hydroxyl groups is 2. The lowest BCUT2D eigenvalue weighted by molar-refractivity contribution is 0.339. The van der Waals surface area contributed by atoms with E-state index in [4.69, 9.17) is 9.47 Å². The fourth-order valence-corrected chi connectivity index (χ4v) is 2.60. The topological polar surface area (TPSA) is 58.9 Å². The second kappa shape index (κ2) is 7.07. The Morgan fingerprint density at radius 2 is 1.64 bits per heavy atom. The van der Waals surface area contributed by atoms with E-state index in [1.807, 2.05) is 12.1 Å². The number of phenols is 2. The van der Waals surface area contributed by atoms with Crippen LogP contribution < -0.4 is 9.47 Å². The van der Waals surface area contributed by atoms with Crippen molar-refractivity contribution in [3.63, 3.8) is 0 Å². The summed E-state index contributed by atoms with van der Waals surface area (Å²) in [7, 11) is 3.02. The fourth-order valence-electron chi connectivity index (χ4n) is 2.60. The van der Waals surface area contributed by atoms with Crippen LogP contribution in [0.2, 0.25) is 0 Å². The number of benzene rings is 2. The number of hydrogen-bond acceptors (Lipinski definition) is 4. The molecule has 4 nitrogen and oxygen atoms in total. The van der Waals surface area contributed by atoms with Gasteiger partial charge in [0.2, 0.25) is 5.75 Å². The molecule has 0 aliphatic rings. The summed E-state index contributed by atoms with van der Waals surface area (Å²) in [6, 6.07) is 9.15. The summed E-state index contributed by atoms with van der Waals surface area (Å²) in [6.07, 6.45) is 2.43. The molecule has 2 aromatic carbocycles. The van der Waals surface area contributed by atoms with Gasteiger partial charge in [-0.2, -0.15) is 0 Å². The first-order chi connectivity index (χ1) is 10.6. The summed E-state index contributed by atoms with van der Waals surface area (Å²) >= 11 is 0. The van der Waals surface area contributed by atoms with Crippen molar-refractivity contribution < 1.29 is 19.7 Å². The lowest BCUT2D eigenvalue weighted by Gasteiger charge is -2.14. The van der Waals surface area contributed by atoms with E-state index in [0.717, 1.165) is 29.5 Å². The molecule has 0 unspecified atom stereocenters. The van der Waals surface area contributed by atoms with Crippen molar-refractivity contribution in [1.29, 1.82) is 0 Å². The number of methoxy groups -OCH3 is 2. The number of hydrogen-bond donors (Lipinski definition) is 2. The molecule has 4 heteroatoms. The smallest absolute Gasteiger partial charge is 0.200 e. The molecule has 0 aliphatic heterocycles. The highest BCUT2D eigenvalue weighted by Gasteiger charge is 2.13. The summed E-state index contributed by atoms with van der Waals surface area (Å²) in [4.78, 5) is 0. The molecule has 0 saturated carbocycles. The van der Waals surface area contributed by atoms with E-state index < -0.39 is 0 Å². The van der Waals surface area contributed by atoms with Crippen LogP contribution in [0, 0.1) is 0 Å². The summed E-state index contributed by atoms with van der Waals surface area (Å²) < 4.78 is 10.4. The van der Waals surface area contributed by atoms with Gasteiger partial charge >= 0.3 is 0 Å². The minimum atomic E-state index is -0.00144. The highest BCUT2D eigenvalue weighted by molar-refractivity contribution is 5.54. The molecule has 2 aromatic rings. The average Bonchev–Trinajstić information content (AvgIpc) is 2.52. The van der Waals surface area contributed by atoms with Crippen LogP contribution in [0.5, 0.6) is 23.0 Å². The molecule has 0 aliphatic carbocycles. The maximum absolute atomic E-state index is 10.1. The molecule has 0 amide bonds. The molecular formula is C18H22O4. The maximum atomic E-state index is 10.1. The molecule has 2 rings (SSSR count). The van der Waals surface area contributed by atoms with Crippen LogP contribution >= 0.6 is 0 Å². The molecule has 0 heterocycles. The number of rotatable bonds is 6. The van der Waals surface area contributed by atoms with E-state index in [1.165, 1.54) is 14.2 Å². The van der Waals surface area contributed by atoms with Crippen molar-refractivity contribution in [1.82, 2.24) is 0 Å². The Kier molecular flexibility index (Phi) is 5.15. The van der Waals surface area contributed by atoms with Gasteiger partial charge in [-0.05, 0) is 47.7 Å². The van der Waals surface area contributed by atoms with Gasteiger partial charge in [0.1, 0.15) is 5.75 Å². The lowest BCUT2D eigenvalue weighted by Crippen LogP contribution is -1.98. The van der Waals surface area contributed by atoms with Crippen LogP contribution in [0.4, 0.5) is 0 Å². The van der Waals surface area contributed by atoms with Gasteiger partial charge in [-0.25, -0.2) is 0 Å². The zero-order valence-electron chi connectivity index (χ0n) is 13.2. The van der Waals surface area contributed by atoms with E-state index in [2.05, 4.69) is 6.92 Å². The van der Waals surface area contributed by atoms with Gasteiger partial charge in [0.25, 0.3) is 0 Å². The molecule has 2 N–H and O–H groups in total. The molecule has 0 fully saturated rings. The molecule has 118 valence electrons. The van der Waals surface area contributed by atoms with Gasteiger partial charge in [0.05, 0.1) is 14.2 Å². The molecule has 0 atom stereocenters. The van der Waals surface area contributed by atoms with Crippen LogP contribution in [0.15, 0.2) is 30.3 Å². The van der Waals surface area contributed by atoms with Gasteiger partial charge in [-0.1, -0.05) is 25.5 Å². The molecule has 0 saturated heterocycles. The molecule has 0 aromatic heterocycles. The standard InChI is InChI=1S/C18H22O4/c1-4-6-14-13(7-5-8-15(14)19)9-12-10-16(21-2)18(20)17(11-12)22-3/h5,7-8,10-11,19-20H,4,6,9H2,1-3H3. The van der Waals surface area contributed by atoms with E-state index in [-0.39, 0.29) is 5.75 Å². The Bertz CT molecular complexity index is 625. The fraction of sp³-hybridized carbons (Fsp3) is 0.333. The second-order valence-electron chi connectivity index (χ2n) is 5.19. The van der Waals surface area contributed by atoms with Crippen LogP contribution in [0.3, 0.4) is 0 Å². The summed E-state index contributed by atoms with van der Waals surface area (Å²) in [5.41, 5.74) is 2.99. The van der Waals surface area contributed by atoms with E-state index in [0.29, 0.717) is 23.7 Å². The third kappa shape index (κ3) is 3.27. The highest BCUT2D eigenvalue weighted by atomic mass is 16.5. The Labute approximate surface area is 130 Å². The Balaban J connectivity index is 2.41. The van der Waals surface area contributed by atoms with Crippen molar-refractivity contribution in [3.8, 4) is 23.0 Å². The largest absolute Gasteiger partial charge is 0.508 e. The molecule has 0 radical (unpaired) electrons. The van der Waals surface area contributed by atoms with Crippen LogP contribution in [-0.2, 0) is 12.8 Å². The summed E-state index contributed by atoms with van der Waals surface area (Å²) in [5.74, 6) is 1.09. The second-order valence-corrected chi connectivity index (χ2v) is 5.19. The van der Waals surface area contributed by atoms with Crippen molar-refractivity contribution in [2.24, 2.45) is 0 Å². The van der Waals surface area contributed by atoms with Gasteiger partial charge < -0.3 is 19.7 Å². The predicted molar refractivity (Wildman–Crippen MR) is 86.1 cm³/mol. The monoisotopic (exact) mass is 302 g/mol. The normalized spacial score (nSPS) is 10.5. The zero-order valence-corrected chi connectivity index (χ0v) is 13.2. The number of phenolic OH excluding ortho intramolecular Hbond substituents is 2. The first-order valence-electron chi connectivity index (χ1n) is 7.34. The van der Waals surface area contributed by atoms with Crippen LogP contribution in [0.25, 0.3) is 0 Å². The van der Waals surface area contributed by atoms with Crippen LogP contribution in [0.1, 0.15) is 30.0 Å². The van der Waals surface area contributed by atoms with E-state index in [9.17, 15) is 10.2 Å². The van der Waals surface area contributed by atoms with Crippen molar-refractivity contribution >= 4 is 0 Å². The molecule has 0 spiro atoms. The predicted octanol–water partition coefficient (Wildman–Crippen LogP) is 3.66. The zero-order chi connectivity index (χ0) is 16.1. The number of ether oxygens (including phenoxy) is 2. The van der Waals surface area contributed by atoms with E-state index in [1.54, 1.807) is 18.2 Å². The average molecular weight is 302 g/mol. The third-order valence-corrected chi connectivity index (χ3v) is 3.68. The highest BCUT2D eigenvalue weighted by Crippen LogP contribution is 2.38. The third-order valence-electron chi connectivity index (χ3n) is 3.68. The summed E-state index contributed by atoms with van der Waals surface area (Å²) in [6.45, 7) is 2.09. The first-order valence-corrected chi connectivity index (χ1v) is 7.34. The maximum Gasteiger partial charge on any atom is 0.200 e. The van der Waals surface area contributed by atoms with E-state index >= 15 is 0 Å². The van der Waals surface area contributed by atoms with Crippen molar-refractivity contribution in [3.05, 3.63) is 47.0 Å². The Hall–Kier alpha value is -2.36. The van der Waals surface area contributed by atoms with Gasteiger partial charge in [0, 0.05) is 0 Å². The quantitative estimate of drug-likeness (QED) is 0.855. The van der Waals surface area contributed by atoms with Gasteiger partial charge in [-0.15, -0.1) is 0 Å². The van der Waals surface area contributed by atoms with Crippen LogP contribution in [-0.4, -0.2) is 24.4 Å². The summed E-state index contributed by atoms with van der Waals surface area (Å²) in [5, 5.41) is 20.0. The van der Waals surface area contributed by atoms with Crippen molar-refractivity contribution in [2.75, 3.05) is 14.2 Å². The lowest BCUT2D eigenvalue weighted by atomic mass is 9.96. The SMILES string of the molecule is CCCc1c(O)cccc1Cc1cc(OC)c(O)c(OC)c1. The minimum Gasteiger partial charge on any atom is -0.508 e. The molecule has 0 bridgehead atoms. The first kappa shape index (κ1) is 16.0. The van der Waals surface area contributed by atoms with Gasteiger partial charge in [0.15, 0.2) is 11.5 Å².